The summed E-state index contributed by atoms with van der Waals surface area (Å²) in [5.74, 6) is 2.48. The minimum absolute atomic E-state index is 0.0926. The van der Waals surface area contributed by atoms with Gasteiger partial charge < -0.3 is 5.73 Å². The lowest BCUT2D eigenvalue weighted by atomic mass is 10.2. The summed E-state index contributed by atoms with van der Waals surface area (Å²) in [4.78, 5) is 0.943. The van der Waals surface area contributed by atoms with Crippen LogP contribution in [0.1, 0.15) is 17.3 Å². The van der Waals surface area contributed by atoms with E-state index in [0.29, 0.717) is 6.42 Å². The Morgan fingerprint density at radius 3 is 3.20 bits per heavy atom. The van der Waals surface area contributed by atoms with Crippen molar-refractivity contribution in [1.29, 1.82) is 0 Å². The van der Waals surface area contributed by atoms with E-state index in [2.05, 4.69) is 15.5 Å². The second-order valence-electron chi connectivity index (χ2n) is 1.83. The first kappa shape index (κ1) is 7.19. The zero-order chi connectivity index (χ0) is 7.40. The highest BCUT2D eigenvalue weighted by Crippen LogP contribution is 2.14. The van der Waals surface area contributed by atoms with Crippen LogP contribution in [0, 0.1) is 12.3 Å². The van der Waals surface area contributed by atoms with Crippen molar-refractivity contribution in [2.75, 3.05) is 0 Å². The van der Waals surface area contributed by atoms with E-state index in [0.717, 1.165) is 4.88 Å². The van der Waals surface area contributed by atoms with E-state index in [1.165, 1.54) is 11.5 Å². The molecule has 0 saturated heterocycles. The van der Waals surface area contributed by atoms with E-state index in [9.17, 15) is 0 Å². The predicted molar refractivity (Wildman–Crippen MR) is 40.3 cm³/mol. The molecule has 10 heavy (non-hydrogen) atoms. The van der Waals surface area contributed by atoms with Gasteiger partial charge in [0.25, 0.3) is 0 Å². The largest absolute Gasteiger partial charge is 0.322 e. The van der Waals surface area contributed by atoms with Gasteiger partial charge in [0.1, 0.15) is 0 Å². The fourth-order valence-electron chi connectivity index (χ4n) is 0.566. The van der Waals surface area contributed by atoms with Gasteiger partial charge >= 0.3 is 0 Å². The summed E-state index contributed by atoms with van der Waals surface area (Å²) in [5, 5.41) is 3.65. The van der Waals surface area contributed by atoms with Crippen LogP contribution in [0.15, 0.2) is 6.20 Å². The molecule has 1 aromatic rings. The number of terminal acetylenes is 1. The lowest BCUT2D eigenvalue weighted by Gasteiger charge is -2.00. The molecule has 1 heterocycles. The third-order valence-electron chi connectivity index (χ3n) is 1.08. The van der Waals surface area contributed by atoms with Gasteiger partial charge in [0.15, 0.2) is 0 Å². The van der Waals surface area contributed by atoms with Gasteiger partial charge in [-0.05, 0) is 11.5 Å². The number of hydrogen-bond donors (Lipinski definition) is 1. The summed E-state index contributed by atoms with van der Waals surface area (Å²) in [5.41, 5.74) is 5.64. The lowest BCUT2D eigenvalue weighted by molar-refractivity contribution is 0.768. The van der Waals surface area contributed by atoms with Gasteiger partial charge in [-0.25, -0.2) is 0 Å². The van der Waals surface area contributed by atoms with Gasteiger partial charge in [0.05, 0.1) is 17.1 Å². The van der Waals surface area contributed by atoms with Crippen molar-refractivity contribution in [1.82, 2.24) is 9.59 Å². The Labute approximate surface area is 63.4 Å². The van der Waals surface area contributed by atoms with Crippen molar-refractivity contribution in [3.8, 4) is 12.3 Å². The van der Waals surface area contributed by atoms with E-state index < -0.39 is 0 Å². The maximum Gasteiger partial charge on any atom is 0.0669 e. The molecule has 0 aliphatic carbocycles. The summed E-state index contributed by atoms with van der Waals surface area (Å²) < 4.78 is 3.67. The van der Waals surface area contributed by atoms with Gasteiger partial charge in [-0.3, -0.25) is 0 Å². The first-order chi connectivity index (χ1) is 4.84. The van der Waals surface area contributed by atoms with Crippen molar-refractivity contribution < 1.29 is 0 Å². The highest BCUT2D eigenvalue weighted by Gasteiger charge is 2.05. The molecule has 0 aromatic carbocycles. The molecular weight excluding hydrogens is 146 g/mol. The van der Waals surface area contributed by atoms with Crippen molar-refractivity contribution in [2.45, 2.75) is 12.5 Å². The van der Waals surface area contributed by atoms with Crippen LogP contribution in [0.2, 0.25) is 0 Å². The molecule has 3 nitrogen and oxygen atoms in total. The SMILES string of the molecule is C#CCC(N)c1cnns1. The first-order valence-corrected chi connectivity index (χ1v) is 3.58. The number of nitrogens with two attached hydrogens (primary N) is 1. The van der Waals surface area contributed by atoms with Crippen LogP contribution >= 0.6 is 11.5 Å². The Bertz CT molecular complexity index is 224. The first-order valence-electron chi connectivity index (χ1n) is 2.81. The molecule has 2 N–H and O–H groups in total. The van der Waals surface area contributed by atoms with Gasteiger partial charge in [-0.15, -0.1) is 17.4 Å². The topological polar surface area (TPSA) is 51.8 Å². The number of hydrogen-bond acceptors (Lipinski definition) is 4. The Morgan fingerprint density at radius 2 is 2.70 bits per heavy atom. The van der Waals surface area contributed by atoms with Crippen LogP contribution in [-0.2, 0) is 0 Å². The van der Waals surface area contributed by atoms with Crippen molar-refractivity contribution in [3.63, 3.8) is 0 Å². The fourth-order valence-corrected chi connectivity index (χ4v) is 1.07. The van der Waals surface area contributed by atoms with Crippen LogP contribution in [0.3, 0.4) is 0 Å². The van der Waals surface area contributed by atoms with Gasteiger partial charge in [0.2, 0.25) is 0 Å². The summed E-state index contributed by atoms with van der Waals surface area (Å²) in [7, 11) is 0. The van der Waals surface area contributed by atoms with E-state index in [1.807, 2.05) is 0 Å². The molecule has 0 radical (unpaired) electrons. The quantitative estimate of drug-likeness (QED) is 0.632. The fraction of sp³-hybridized carbons (Fsp3) is 0.333. The van der Waals surface area contributed by atoms with Gasteiger partial charge in [-0.2, -0.15) is 0 Å². The van der Waals surface area contributed by atoms with Crippen LogP contribution in [-0.4, -0.2) is 9.59 Å². The van der Waals surface area contributed by atoms with Crippen LogP contribution in [0.4, 0.5) is 0 Å². The molecule has 1 aromatic heterocycles. The smallest absolute Gasteiger partial charge is 0.0669 e. The monoisotopic (exact) mass is 153 g/mol. The summed E-state index contributed by atoms with van der Waals surface area (Å²) in [6.45, 7) is 0. The highest BCUT2D eigenvalue weighted by molar-refractivity contribution is 7.05. The molecule has 52 valence electrons. The van der Waals surface area contributed by atoms with Crippen LogP contribution < -0.4 is 5.73 Å². The third-order valence-corrected chi connectivity index (χ3v) is 1.88. The van der Waals surface area contributed by atoms with E-state index in [4.69, 9.17) is 12.2 Å². The molecule has 0 aliphatic heterocycles. The second kappa shape index (κ2) is 3.30. The number of aromatic nitrogens is 2. The maximum atomic E-state index is 5.64. The molecule has 0 aliphatic rings. The van der Waals surface area contributed by atoms with Crippen molar-refractivity contribution in [2.24, 2.45) is 5.73 Å². The molecule has 0 saturated carbocycles. The number of rotatable bonds is 2. The third kappa shape index (κ3) is 1.53. The average molecular weight is 153 g/mol. The molecular formula is C6H7N3S. The zero-order valence-electron chi connectivity index (χ0n) is 5.32. The lowest BCUT2D eigenvalue weighted by Crippen LogP contribution is -2.06. The molecule has 0 fully saturated rings. The summed E-state index contributed by atoms with van der Waals surface area (Å²) >= 11 is 1.29. The minimum Gasteiger partial charge on any atom is -0.322 e. The van der Waals surface area contributed by atoms with Crippen molar-refractivity contribution >= 4 is 11.5 Å². The maximum absolute atomic E-state index is 5.64. The molecule has 0 spiro atoms. The predicted octanol–water partition coefficient (Wildman–Crippen LogP) is 0.561. The van der Waals surface area contributed by atoms with Gasteiger partial charge in [0, 0.05) is 6.42 Å². The van der Waals surface area contributed by atoms with E-state index in [-0.39, 0.29) is 6.04 Å². The Hall–Kier alpha value is -0.920. The molecule has 1 atom stereocenters. The van der Waals surface area contributed by atoms with E-state index in [1.54, 1.807) is 6.20 Å². The highest BCUT2D eigenvalue weighted by atomic mass is 32.1. The summed E-state index contributed by atoms with van der Waals surface area (Å²) in [6.07, 6.45) is 7.26. The standard InChI is InChI=1S/C6H7N3S/c1-2-3-5(7)6-4-8-9-10-6/h1,4-5H,3,7H2. The molecule has 4 heteroatoms. The van der Waals surface area contributed by atoms with Crippen LogP contribution in [0.25, 0.3) is 0 Å². The van der Waals surface area contributed by atoms with Crippen molar-refractivity contribution in [3.05, 3.63) is 11.1 Å². The number of nitrogens with zero attached hydrogens (tertiary/aromatic N) is 2. The minimum atomic E-state index is -0.0926. The Balaban J connectivity index is 2.61. The zero-order valence-corrected chi connectivity index (χ0v) is 6.14. The molecule has 0 bridgehead atoms. The summed E-state index contributed by atoms with van der Waals surface area (Å²) in [6, 6.07) is -0.0926. The molecule has 1 rings (SSSR count). The second-order valence-corrected chi connectivity index (χ2v) is 2.65. The van der Waals surface area contributed by atoms with Gasteiger partial charge in [-0.1, -0.05) is 4.49 Å². The Kier molecular flexibility index (Phi) is 2.37. The van der Waals surface area contributed by atoms with Crippen LogP contribution in [0.5, 0.6) is 0 Å². The molecule has 0 amide bonds. The molecule has 1 unspecified atom stereocenters. The normalized spacial score (nSPS) is 12.4. The Morgan fingerprint density at radius 1 is 1.90 bits per heavy atom. The average Bonchev–Trinajstić information content (AvgIpc) is 2.38. The van der Waals surface area contributed by atoms with E-state index >= 15 is 0 Å².